The number of sulfonamides is 1. The first kappa shape index (κ1) is 22.8. The third-order valence-corrected chi connectivity index (χ3v) is 8.16. The molecule has 7 nitrogen and oxygen atoms in total. The zero-order valence-corrected chi connectivity index (χ0v) is 19.5. The van der Waals surface area contributed by atoms with E-state index in [4.69, 9.17) is 0 Å². The Morgan fingerprint density at radius 2 is 1.62 bits per heavy atom. The highest BCUT2D eigenvalue weighted by molar-refractivity contribution is 7.89. The normalized spacial score (nSPS) is 18.5. The van der Waals surface area contributed by atoms with Gasteiger partial charge in [0.05, 0.1) is 11.4 Å². The molecule has 0 radical (unpaired) electrons. The molecule has 32 heavy (non-hydrogen) atoms. The molecule has 0 bridgehead atoms. The van der Waals surface area contributed by atoms with Crippen molar-refractivity contribution in [2.45, 2.75) is 31.1 Å². The summed E-state index contributed by atoms with van der Waals surface area (Å²) >= 11 is 0. The first-order valence-corrected chi connectivity index (χ1v) is 12.8. The average molecular weight is 457 g/mol. The molecule has 0 atom stereocenters. The van der Waals surface area contributed by atoms with E-state index in [1.807, 2.05) is 6.07 Å². The molecular formula is C24H32N4O3S. The molecule has 1 N–H and O–H groups in total. The summed E-state index contributed by atoms with van der Waals surface area (Å²) < 4.78 is 27.4. The number of hydrogen-bond donors (Lipinski definition) is 1. The number of nitrogens with one attached hydrogen (secondary N) is 1. The predicted octanol–water partition coefficient (Wildman–Crippen LogP) is 2.93. The van der Waals surface area contributed by atoms with Gasteiger partial charge in [0.15, 0.2) is 0 Å². The van der Waals surface area contributed by atoms with Gasteiger partial charge in [0.1, 0.15) is 0 Å². The van der Waals surface area contributed by atoms with Crippen LogP contribution in [0.15, 0.2) is 53.4 Å². The molecule has 0 spiro atoms. The van der Waals surface area contributed by atoms with Gasteiger partial charge >= 0.3 is 0 Å². The molecule has 2 fully saturated rings. The van der Waals surface area contributed by atoms with Crippen molar-refractivity contribution in [2.24, 2.45) is 0 Å². The van der Waals surface area contributed by atoms with E-state index in [0.29, 0.717) is 25.3 Å². The number of aryl methyl sites for hydroxylation is 1. The third kappa shape index (κ3) is 5.31. The van der Waals surface area contributed by atoms with E-state index in [0.717, 1.165) is 45.4 Å². The average Bonchev–Trinajstić information content (AvgIpc) is 2.81. The van der Waals surface area contributed by atoms with E-state index in [2.05, 4.69) is 40.2 Å². The maximum Gasteiger partial charge on any atom is 0.243 e. The minimum absolute atomic E-state index is 0.123. The number of amides is 1. The molecule has 2 aromatic rings. The number of anilines is 2. The molecule has 2 saturated heterocycles. The zero-order chi connectivity index (χ0) is 22.6. The minimum Gasteiger partial charge on any atom is -0.369 e. The molecule has 2 heterocycles. The van der Waals surface area contributed by atoms with E-state index < -0.39 is 10.0 Å². The molecule has 0 saturated carbocycles. The van der Waals surface area contributed by atoms with Gasteiger partial charge in [-0.05, 0) is 49.6 Å². The van der Waals surface area contributed by atoms with Gasteiger partial charge in [0.2, 0.25) is 15.9 Å². The Kier molecular flexibility index (Phi) is 7.13. The molecule has 8 heteroatoms. The van der Waals surface area contributed by atoms with E-state index in [1.165, 1.54) is 11.3 Å². The molecule has 0 aliphatic carbocycles. The quantitative estimate of drug-likeness (QED) is 0.724. The highest BCUT2D eigenvalue weighted by Gasteiger charge is 2.26. The Hall–Kier alpha value is -2.42. The summed E-state index contributed by atoms with van der Waals surface area (Å²) in [5.41, 5.74) is 3.04. The number of rotatable bonds is 6. The van der Waals surface area contributed by atoms with Gasteiger partial charge in [0, 0.05) is 50.6 Å². The van der Waals surface area contributed by atoms with Crippen LogP contribution in [0.2, 0.25) is 0 Å². The molecule has 1 amide bonds. The van der Waals surface area contributed by atoms with Crippen molar-refractivity contribution in [3.05, 3.63) is 54.1 Å². The molecule has 4 rings (SSSR count). The van der Waals surface area contributed by atoms with Crippen molar-refractivity contribution >= 4 is 27.3 Å². The van der Waals surface area contributed by atoms with E-state index in [-0.39, 0.29) is 10.8 Å². The molecule has 2 aliphatic heterocycles. The van der Waals surface area contributed by atoms with Crippen LogP contribution in [0.1, 0.15) is 24.8 Å². The van der Waals surface area contributed by atoms with Crippen LogP contribution in [0.4, 0.5) is 11.4 Å². The smallest absolute Gasteiger partial charge is 0.243 e. The van der Waals surface area contributed by atoms with Gasteiger partial charge in [0.25, 0.3) is 0 Å². The standard InChI is InChI=1S/C24H32N4O3S/c1-20-8-3-4-11-23(20)27-16-14-26(15-17-27)19-24(29)25-21-9-7-10-22(18-21)32(30,31)28-12-5-2-6-13-28/h3-4,7-11,18H,2,5-6,12-17,19H2,1H3,(H,25,29). The van der Waals surface area contributed by atoms with Crippen molar-refractivity contribution in [1.82, 2.24) is 9.21 Å². The van der Waals surface area contributed by atoms with Gasteiger partial charge < -0.3 is 10.2 Å². The number of carbonyl (C=O) groups excluding carboxylic acids is 1. The lowest BCUT2D eigenvalue weighted by molar-refractivity contribution is -0.117. The second-order valence-corrected chi connectivity index (χ2v) is 10.5. The Bertz CT molecular complexity index is 1040. The van der Waals surface area contributed by atoms with E-state index >= 15 is 0 Å². The molecule has 2 aromatic carbocycles. The van der Waals surface area contributed by atoms with Crippen LogP contribution < -0.4 is 10.2 Å². The van der Waals surface area contributed by atoms with Crippen molar-refractivity contribution in [3.63, 3.8) is 0 Å². The maximum absolute atomic E-state index is 12.9. The van der Waals surface area contributed by atoms with Crippen LogP contribution in [0.5, 0.6) is 0 Å². The summed E-state index contributed by atoms with van der Waals surface area (Å²) in [5, 5.41) is 2.88. The van der Waals surface area contributed by atoms with Crippen LogP contribution in [0.3, 0.4) is 0 Å². The Morgan fingerprint density at radius 3 is 2.34 bits per heavy atom. The molecule has 172 valence electrons. The highest BCUT2D eigenvalue weighted by Crippen LogP contribution is 2.23. The van der Waals surface area contributed by atoms with Gasteiger partial charge in [-0.25, -0.2) is 8.42 Å². The van der Waals surface area contributed by atoms with Crippen molar-refractivity contribution in [3.8, 4) is 0 Å². The second-order valence-electron chi connectivity index (χ2n) is 8.59. The van der Waals surface area contributed by atoms with E-state index in [1.54, 1.807) is 28.6 Å². The zero-order valence-electron chi connectivity index (χ0n) is 18.7. The lowest BCUT2D eigenvalue weighted by atomic mass is 10.1. The number of hydrogen-bond acceptors (Lipinski definition) is 5. The monoisotopic (exact) mass is 456 g/mol. The minimum atomic E-state index is -3.52. The fourth-order valence-corrected chi connectivity index (χ4v) is 6.02. The van der Waals surface area contributed by atoms with Crippen LogP contribution in [0, 0.1) is 6.92 Å². The first-order valence-electron chi connectivity index (χ1n) is 11.4. The fraction of sp³-hybridized carbons (Fsp3) is 0.458. The summed E-state index contributed by atoms with van der Waals surface area (Å²) in [5.74, 6) is -0.123. The molecule has 0 aromatic heterocycles. The Morgan fingerprint density at radius 1 is 0.906 bits per heavy atom. The Balaban J connectivity index is 1.32. The summed E-state index contributed by atoms with van der Waals surface area (Å²) in [7, 11) is -3.52. The lowest BCUT2D eigenvalue weighted by Gasteiger charge is -2.36. The fourth-order valence-electron chi connectivity index (χ4n) is 4.46. The topological polar surface area (TPSA) is 73.0 Å². The van der Waals surface area contributed by atoms with Crippen LogP contribution in [-0.4, -0.2) is 69.3 Å². The number of para-hydroxylation sites is 1. The maximum atomic E-state index is 12.9. The van der Waals surface area contributed by atoms with Gasteiger partial charge in [-0.3, -0.25) is 9.69 Å². The summed E-state index contributed by atoms with van der Waals surface area (Å²) in [6, 6.07) is 15.0. The summed E-state index contributed by atoms with van der Waals surface area (Å²) in [4.78, 5) is 17.4. The van der Waals surface area contributed by atoms with Crippen LogP contribution >= 0.6 is 0 Å². The Labute approximate surface area is 191 Å². The molecular weight excluding hydrogens is 424 g/mol. The van der Waals surface area contributed by atoms with Gasteiger partial charge in [-0.15, -0.1) is 0 Å². The highest BCUT2D eigenvalue weighted by atomic mass is 32.2. The number of nitrogens with zero attached hydrogens (tertiary/aromatic N) is 3. The number of piperazine rings is 1. The van der Waals surface area contributed by atoms with Gasteiger partial charge in [-0.1, -0.05) is 30.7 Å². The number of piperidine rings is 1. The van der Waals surface area contributed by atoms with Gasteiger partial charge in [-0.2, -0.15) is 4.31 Å². The van der Waals surface area contributed by atoms with E-state index in [9.17, 15) is 13.2 Å². The molecule has 0 unspecified atom stereocenters. The van der Waals surface area contributed by atoms with Crippen molar-refractivity contribution < 1.29 is 13.2 Å². The number of benzene rings is 2. The third-order valence-electron chi connectivity index (χ3n) is 6.27. The lowest BCUT2D eigenvalue weighted by Crippen LogP contribution is -2.48. The SMILES string of the molecule is Cc1ccccc1N1CCN(CC(=O)Nc2cccc(S(=O)(=O)N3CCCCC3)c2)CC1. The second kappa shape index (κ2) is 10.0. The predicted molar refractivity (Wildman–Crippen MR) is 128 cm³/mol. The van der Waals surface area contributed by atoms with Crippen molar-refractivity contribution in [1.29, 1.82) is 0 Å². The summed E-state index contributed by atoms with van der Waals surface area (Å²) in [6.07, 6.45) is 2.86. The van der Waals surface area contributed by atoms with Crippen LogP contribution in [0.25, 0.3) is 0 Å². The first-order chi connectivity index (χ1) is 15.4. The van der Waals surface area contributed by atoms with Crippen molar-refractivity contribution in [2.75, 3.05) is 56.0 Å². The molecule has 2 aliphatic rings. The largest absolute Gasteiger partial charge is 0.369 e. The number of carbonyl (C=O) groups is 1. The summed E-state index contributed by atoms with van der Waals surface area (Å²) in [6.45, 7) is 6.92. The van der Waals surface area contributed by atoms with Crippen LogP contribution in [-0.2, 0) is 14.8 Å².